The molecule has 0 fully saturated rings. The SMILES string of the molecule is CN(CCc1ccccc1)S(=O)(=O)c1cn[nH]c1N. The molecule has 6 nitrogen and oxygen atoms in total. The van der Waals surface area contributed by atoms with Gasteiger partial charge in [-0.15, -0.1) is 0 Å². The number of aromatic nitrogens is 2. The van der Waals surface area contributed by atoms with Crippen molar-refractivity contribution in [1.29, 1.82) is 0 Å². The number of hydrogen-bond acceptors (Lipinski definition) is 4. The Morgan fingerprint density at radius 2 is 2.00 bits per heavy atom. The molecule has 1 heterocycles. The summed E-state index contributed by atoms with van der Waals surface area (Å²) in [4.78, 5) is 0.0167. The molecule has 19 heavy (non-hydrogen) atoms. The molecule has 0 saturated carbocycles. The highest BCUT2D eigenvalue weighted by molar-refractivity contribution is 7.89. The molecule has 0 atom stereocenters. The fourth-order valence-electron chi connectivity index (χ4n) is 1.71. The Morgan fingerprint density at radius 3 is 2.58 bits per heavy atom. The number of nitrogens with one attached hydrogen (secondary N) is 1. The van der Waals surface area contributed by atoms with Crippen molar-refractivity contribution in [3.63, 3.8) is 0 Å². The molecule has 7 heteroatoms. The molecular weight excluding hydrogens is 264 g/mol. The van der Waals surface area contributed by atoms with Crippen LogP contribution in [0.4, 0.5) is 5.82 Å². The van der Waals surface area contributed by atoms with Gasteiger partial charge >= 0.3 is 0 Å². The number of nitrogens with two attached hydrogens (primary N) is 1. The van der Waals surface area contributed by atoms with Gasteiger partial charge in [0.05, 0.1) is 6.20 Å². The van der Waals surface area contributed by atoms with Crippen LogP contribution in [-0.4, -0.2) is 36.5 Å². The highest BCUT2D eigenvalue weighted by Crippen LogP contribution is 2.18. The Morgan fingerprint density at radius 1 is 1.32 bits per heavy atom. The topological polar surface area (TPSA) is 92.1 Å². The highest BCUT2D eigenvalue weighted by atomic mass is 32.2. The normalized spacial score (nSPS) is 11.9. The molecule has 3 N–H and O–H groups in total. The van der Waals surface area contributed by atoms with Crippen molar-refractivity contribution in [2.24, 2.45) is 0 Å². The zero-order valence-corrected chi connectivity index (χ0v) is 11.4. The monoisotopic (exact) mass is 280 g/mol. The molecule has 0 amide bonds. The van der Waals surface area contributed by atoms with E-state index in [-0.39, 0.29) is 10.7 Å². The van der Waals surface area contributed by atoms with E-state index in [1.165, 1.54) is 17.5 Å². The number of likely N-dealkylation sites (N-methyl/N-ethyl adjacent to an activating group) is 1. The van der Waals surface area contributed by atoms with Gasteiger partial charge in [-0.05, 0) is 12.0 Å². The van der Waals surface area contributed by atoms with Crippen LogP contribution >= 0.6 is 0 Å². The fourth-order valence-corrected chi connectivity index (χ4v) is 2.89. The fraction of sp³-hybridized carbons (Fsp3) is 0.250. The summed E-state index contributed by atoms with van der Waals surface area (Å²) in [5.41, 5.74) is 6.64. The van der Waals surface area contributed by atoms with Gasteiger partial charge in [0, 0.05) is 13.6 Å². The summed E-state index contributed by atoms with van der Waals surface area (Å²) in [6.45, 7) is 0.386. The van der Waals surface area contributed by atoms with Crippen LogP contribution in [0.3, 0.4) is 0 Å². The average molecular weight is 280 g/mol. The predicted octanol–water partition coefficient (Wildman–Crippen LogP) is 0.855. The van der Waals surface area contributed by atoms with Gasteiger partial charge in [-0.25, -0.2) is 12.7 Å². The van der Waals surface area contributed by atoms with E-state index in [1.807, 2.05) is 30.3 Å². The van der Waals surface area contributed by atoms with E-state index in [9.17, 15) is 8.42 Å². The lowest BCUT2D eigenvalue weighted by molar-refractivity contribution is 0.473. The molecule has 0 saturated heterocycles. The van der Waals surface area contributed by atoms with E-state index >= 15 is 0 Å². The minimum atomic E-state index is -3.58. The van der Waals surface area contributed by atoms with Crippen molar-refractivity contribution in [2.75, 3.05) is 19.3 Å². The van der Waals surface area contributed by atoms with Gasteiger partial charge in [0.15, 0.2) is 0 Å². The minimum Gasteiger partial charge on any atom is -0.383 e. The van der Waals surface area contributed by atoms with E-state index < -0.39 is 10.0 Å². The van der Waals surface area contributed by atoms with Gasteiger partial charge in [-0.3, -0.25) is 5.10 Å². The lowest BCUT2D eigenvalue weighted by atomic mass is 10.2. The molecule has 0 spiro atoms. The molecule has 0 aliphatic rings. The third-order valence-corrected chi connectivity index (χ3v) is 4.76. The highest BCUT2D eigenvalue weighted by Gasteiger charge is 2.24. The number of aromatic amines is 1. The average Bonchev–Trinajstić information content (AvgIpc) is 2.84. The Bertz CT molecular complexity index is 637. The summed E-state index contributed by atoms with van der Waals surface area (Å²) in [6.07, 6.45) is 1.87. The Hall–Kier alpha value is -1.86. The molecule has 1 aromatic carbocycles. The zero-order valence-electron chi connectivity index (χ0n) is 10.6. The van der Waals surface area contributed by atoms with Crippen LogP contribution in [0.25, 0.3) is 0 Å². The largest absolute Gasteiger partial charge is 0.383 e. The van der Waals surface area contributed by atoms with Crippen LogP contribution in [-0.2, 0) is 16.4 Å². The van der Waals surface area contributed by atoms with Gasteiger partial charge < -0.3 is 5.73 Å². The summed E-state index contributed by atoms with van der Waals surface area (Å²) in [6, 6.07) is 9.71. The molecule has 2 rings (SSSR count). The standard InChI is InChI=1S/C12H16N4O2S/c1-16(8-7-10-5-3-2-4-6-10)19(17,18)11-9-14-15-12(11)13/h2-6,9H,7-8H2,1H3,(H3,13,14,15). The molecule has 0 unspecified atom stereocenters. The maximum absolute atomic E-state index is 12.2. The van der Waals surface area contributed by atoms with Crippen LogP contribution < -0.4 is 5.73 Å². The second kappa shape index (κ2) is 5.41. The smallest absolute Gasteiger partial charge is 0.248 e. The summed E-state index contributed by atoms with van der Waals surface area (Å²) in [5, 5.41) is 6.06. The van der Waals surface area contributed by atoms with Crippen molar-refractivity contribution in [1.82, 2.24) is 14.5 Å². The quantitative estimate of drug-likeness (QED) is 0.849. The molecule has 102 valence electrons. The number of benzene rings is 1. The van der Waals surface area contributed by atoms with Crippen LogP contribution in [0.2, 0.25) is 0 Å². The van der Waals surface area contributed by atoms with Crippen molar-refractivity contribution >= 4 is 15.8 Å². The number of nitrogens with zero attached hydrogens (tertiary/aromatic N) is 2. The van der Waals surface area contributed by atoms with E-state index in [0.29, 0.717) is 13.0 Å². The van der Waals surface area contributed by atoms with E-state index in [1.54, 1.807) is 0 Å². The second-order valence-corrected chi connectivity index (χ2v) is 6.22. The Labute approximate surface area is 112 Å². The molecule has 0 aliphatic carbocycles. The Kier molecular flexibility index (Phi) is 3.87. The maximum Gasteiger partial charge on any atom is 0.248 e. The lowest BCUT2D eigenvalue weighted by Crippen LogP contribution is -2.29. The number of anilines is 1. The van der Waals surface area contributed by atoms with Crippen LogP contribution in [0, 0.1) is 0 Å². The number of nitrogen functional groups attached to an aromatic ring is 1. The lowest BCUT2D eigenvalue weighted by Gasteiger charge is -2.16. The number of rotatable bonds is 5. The minimum absolute atomic E-state index is 0.0167. The van der Waals surface area contributed by atoms with E-state index in [4.69, 9.17) is 5.73 Å². The molecule has 1 aromatic heterocycles. The molecule has 0 bridgehead atoms. The Balaban J connectivity index is 2.08. The first-order chi connectivity index (χ1) is 9.01. The van der Waals surface area contributed by atoms with E-state index in [0.717, 1.165) is 5.56 Å². The number of hydrogen-bond donors (Lipinski definition) is 2. The van der Waals surface area contributed by atoms with Gasteiger partial charge in [0.25, 0.3) is 0 Å². The van der Waals surface area contributed by atoms with Crippen molar-refractivity contribution in [2.45, 2.75) is 11.3 Å². The first-order valence-corrected chi connectivity index (χ1v) is 7.25. The van der Waals surface area contributed by atoms with Crippen molar-refractivity contribution in [3.05, 3.63) is 42.1 Å². The molecule has 0 radical (unpaired) electrons. The first-order valence-electron chi connectivity index (χ1n) is 5.81. The molecule has 2 aromatic rings. The molecular formula is C12H16N4O2S. The van der Waals surface area contributed by atoms with Gasteiger partial charge in [0.1, 0.15) is 10.7 Å². The zero-order chi connectivity index (χ0) is 13.9. The summed E-state index contributed by atoms with van der Waals surface area (Å²) in [5.74, 6) is 0.0616. The summed E-state index contributed by atoms with van der Waals surface area (Å²) >= 11 is 0. The van der Waals surface area contributed by atoms with Crippen molar-refractivity contribution < 1.29 is 8.42 Å². The van der Waals surface area contributed by atoms with Gasteiger partial charge in [0.2, 0.25) is 10.0 Å². The van der Waals surface area contributed by atoms with Crippen molar-refractivity contribution in [3.8, 4) is 0 Å². The maximum atomic E-state index is 12.2. The second-order valence-electron chi connectivity index (χ2n) is 4.21. The third-order valence-electron chi connectivity index (χ3n) is 2.88. The van der Waals surface area contributed by atoms with E-state index in [2.05, 4.69) is 10.2 Å². The van der Waals surface area contributed by atoms with Crippen LogP contribution in [0.5, 0.6) is 0 Å². The first kappa shape index (κ1) is 13.6. The van der Waals surface area contributed by atoms with Gasteiger partial charge in [-0.1, -0.05) is 30.3 Å². The third kappa shape index (κ3) is 2.94. The van der Waals surface area contributed by atoms with Crippen LogP contribution in [0.15, 0.2) is 41.4 Å². The molecule has 0 aliphatic heterocycles. The summed E-state index contributed by atoms with van der Waals surface area (Å²) < 4.78 is 25.7. The van der Waals surface area contributed by atoms with Gasteiger partial charge in [-0.2, -0.15) is 5.10 Å². The number of sulfonamides is 1. The predicted molar refractivity (Wildman–Crippen MR) is 73.0 cm³/mol. The number of H-pyrrole nitrogens is 1. The van der Waals surface area contributed by atoms with Crippen LogP contribution in [0.1, 0.15) is 5.56 Å². The summed E-state index contributed by atoms with van der Waals surface area (Å²) in [7, 11) is -2.05.